The van der Waals surface area contributed by atoms with E-state index in [-0.39, 0.29) is 0 Å². The minimum Gasteiger partial charge on any atom is -0.461 e. The molecule has 1 aliphatic heterocycles. The predicted molar refractivity (Wildman–Crippen MR) is 80.8 cm³/mol. The molecule has 0 spiro atoms. The molecular weight excluding hydrogens is 266 g/mol. The molecule has 1 N–H and O–H groups in total. The second-order valence-electron chi connectivity index (χ2n) is 5.69. The van der Waals surface area contributed by atoms with E-state index in [2.05, 4.69) is 22.3 Å². The Morgan fingerprint density at radius 2 is 2.38 bits per heavy atom. The van der Waals surface area contributed by atoms with Gasteiger partial charge in [0.1, 0.15) is 0 Å². The first kappa shape index (κ1) is 14.4. The Bertz CT molecular complexity index is 529. The van der Waals surface area contributed by atoms with Gasteiger partial charge in [-0.05, 0) is 44.5 Å². The van der Waals surface area contributed by atoms with Crippen molar-refractivity contribution in [1.29, 1.82) is 0 Å². The summed E-state index contributed by atoms with van der Waals surface area (Å²) in [6.07, 6.45) is 5.36. The van der Waals surface area contributed by atoms with Gasteiger partial charge in [-0.3, -0.25) is 4.90 Å². The van der Waals surface area contributed by atoms with Gasteiger partial charge in [0.2, 0.25) is 5.76 Å². The minimum absolute atomic E-state index is 0.619. The summed E-state index contributed by atoms with van der Waals surface area (Å²) >= 11 is 0. The fourth-order valence-corrected chi connectivity index (χ4v) is 2.93. The van der Waals surface area contributed by atoms with Crippen LogP contribution in [0.2, 0.25) is 0 Å². The lowest BCUT2D eigenvalue weighted by molar-refractivity contribution is 0.234. The van der Waals surface area contributed by atoms with Gasteiger partial charge in [-0.15, -0.1) is 0 Å². The molecule has 1 unspecified atom stereocenters. The van der Waals surface area contributed by atoms with Gasteiger partial charge in [-0.25, -0.2) is 0 Å². The molecule has 0 aliphatic carbocycles. The molecule has 0 saturated carbocycles. The second-order valence-corrected chi connectivity index (χ2v) is 5.69. The highest BCUT2D eigenvalue weighted by atomic mass is 16.5. The van der Waals surface area contributed by atoms with Gasteiger partial charge >= 0.3 is 0 Å². The van der Waals surface area contributed by atoms with Crippen molar-refractivity contribution < 1.29 is 8.94 Å². The molecule has 1 atom stereocenters. The molecule has 1 aliphatic rings. The van der Waals surface area contributed by atoms with Crippen molar-refractivity contribution in [3.05, 3.63) is 30.2 Å². The molecule has 0 bridgehead atoms. The first-order chi connectivity index (χ1) is 10.3. The number of furan rings is 1. The molecule has 0 aromatic carbocycles. The lowest BCUT2D eigenvalue weighted by atomic mass is 10.2. The maximum Gasteiger partial charge on any atom is 0.202 e. The highest BCUT2D eigenvalue weighted by Gasteiger charge is 2.19. The number of hydrogen-bond donors (Lipinski definition) is 1. The van der Waals surface area contributed by atoms with Crippen LogP contribution in [0, 0.1) is 0 Å². The van der Waals surface area contributed by atoms with Crippen LogP contribution in [0.3, 0.4) is 0 Å². The Hall–Kier alpha value is -1.59. The smallest absolute Gasteiger partial charge is 0.202 e. The monoisotopic (exact) mass is 289 g/mol. The van der Waals surface area contributed by atoms with Crippen LogP contribution in [0.25, 0.3) is 11.5 Å². The zero-order valence-electron chi connectivity index (χ0n) is 12.5. The van der Waals surface area contributed by atoms with Crippen LogP contribution >= 0.6 is 0 Å². The summed E-state index contributed by atoms with van der Waals surface area (Å²) in [5.74, 6) is 1.43. The second kappa shape index (κ2) is 6.91. The summed E-state index contributed by atoms with van der Waals surface area (Å²) < 4.78 is 10.7. The first-order valence-corrected chi connectivity index (χ1v) is 7.80. The van der Waals surface area contributed by atoms with Gasteiger partial charge < -0.3 is 14.3 Å². The molecule has 1 saturated heterocycles. The summed E-state index contributed by atoms with van der Waals surface area (Å²) in [6.45, 7) is 6.36. The number of aromatic nitrogens is 1. The molecule has 2 aromatic heterocycles. The summed E-state index contributed by atoms with van der Waals surface area (Å²) in [5.41, 5.74) is 0.966. The van der Waals surface area contributed by atoms with E-state index < -0.39 is 0 Å². The maximum absolute atomic E-state index is 5.37. The van der Waals surface area contributed by atoms with Gasteiger partial charge in [0, 0.05) is 25.2 Å². The van der Waals surface area contributed by atoms with Gasteiger partial charge in [-0.2, -0.15) is 0 Å². The van der Waals surface area contributed by atoms with E-state index in [1.165, 1.54) is 12.8 Å². The summed E-state index contributed by atoms with van der Waals surface area (Å²) in [6, 6.07) is 6.33. The first-order valence-electron chi connectivity index (χ1n) is 7.80. The normalized spacial score (nSPS) is 18.7. The third kappa shape index (κ3) is 3.74. The van der Waals surface area contributed by atoms with E-state index in [0.29, 0.717) is 11.8 Å². The highest BCUT2D eigenvalue weighted by molar-refractivity contribution is 5.49. The van der Waals surface area contributed by atoms with Crippen LogP contribution < -0.4 is 5.32 Å². The van der Waals surface area contributed by atoms with Crippen molar-refractivity contribution in [2.24, 2.45) is 0 Å². The van der Waals surface area contributed by atoms with Crippen molar-refractivity contribution in [3.63, 3.8) is 0 Å². The molecule has 5 nitrogen and oxygen atoms in total. The van der Waals surface area contributed by atoms with Crippen molar-refractivity contribution in [1.82, 2.24) is 15.4 Å². The summed E-state index contributed by atoms with van der Waals surface area (Å²) in [7, 11) is 0. The zero-order chi connectivity index (χ0) is 14.5. The van der Waals surface area contributed by atoms with Crippen molar-refractivity contribution in [2.45, 2.75) is 38.8 Å². The van der Waals surface area contributed by atoms with E-state index in [4.69, 9.17) is 8.94 Å². The standard InChI is InChI=1S/C16H23N3O2/c1-2-8-19(11-13-5-3-7-17-13)12-14-10-16(21-18-14)15-6-4-9-20-15/h4,6,9-10,13,17H,2-3,5,7-8,11-12H2,1H3. The fraction of sp³-hybridized carbons (Fsp3) is 0.562. The maximum atomic E-state index is 5.37. The number of hydrogen-bond acceptors (Lipinski definition) is 5. The summed E-state index contributed by atoms with van der Waals surface area (Å²) in [4.78, 5) is 2.45. The molecular formula is C16H23N3O2. The quantitative estimate of drug-likeness (QED) is 0.849. The third-order valence-corrected chi connectivity index (χ3v) is 3.89. The van der Waals surface area contributed by atoms with Crippen molar-refractivity contribution in [3.8, 4) is 11.5 Å². The zero-order valence-corrected chi connectivity index (χ0v) is 12.5. The molecule has 3 rings (SSSR count). The van der Waals surface area contributed by atoms with Gasteiger partial charge in [0.25, 0.3) is 0 Å². The Labute approximate surface area is 125 Å². The van der Waals surface area contributed by atoms with E-state index in [9.17, 15) is 0 Å². The molecule has 3 heterocycles. The molecule has 114 valence electrons. The number of nitrogens with one attached hydrogen (secondary N) is 1. The van der Waals surface area contributed by atoms with Crippen LogP contribution in [0.5, 0.6) is 0 Å². The fourth-order valence-electron chi connectivity index (χ4n) is 2.93. The van der Waals surface area contributed by atoms with Crippen LogP contribution in [-0.4, -0.2) is 35.7 Å². The molecule has 21 heavy (non-hydrogen) atoms. The molecule has 0 amide bonds. The van der Waals surface area contributed by atoms with Crippen molar-refractivity contribution in [2.75, 3.05) is 19.6 Å². The number of nitrogens with zero attached hydrogens (tertiary/aromatic N) is 2. The van der Waals surface area contributed by atoms with E-state index >= 15 is 0 Å². The topological polar surface area (TPSA) is 54.4 Å². The van der Waals surface area contributed by atoms with Crippen LogP contribution in [-0.2, 0) is 6.54 Å². The SMILES string of the molecule is CCCN(Cc1cc(-c2ccco2)on1)CC1CCCN1. The molecule has 1 fully saturated rings. The minimum atomic E-state index is 0.619. The number of rotatable bonds is 7. The van der Waals surface area contributed by atoms with Crippen LogP contribution in [0.15, 0.2) is 33.4 Å². The average Bonchev–Trinajstić information content (AvgIpc) is 3.21. The van der Waals surface area contributed by atoms with Crippen molar-refractivity contribution >= 4 is 0 Å². The Morgan fingerprint density at radius 1 is 1.43 bits per heavy atom. The lowest BCUT2D eigenvalue weighted by Crippen LogP contribution is -2.37. The van der Waals surface area contributed by atoms with Gasteiger partial charge in [0.15, 0.2) is 5.76 Å². The summed E-state index contributed by atoms with van der Waals surface area (Å²) in [5, 5.41) is 7.73. The highest BCUT2D eigenvalue weighted by Crippen LogP contribution is 2.21. The molecule has 2 aromatic rings. The Kier molecular flexibility index (Phi) is 4.72. The van der Waals surface area contributed by atoms with Gasteiger partial charge in [-0.1, -0.05) is 12.1 Å². The van der Waals surface area contributed by atoms with E-state index in [1.807, 2.05) is 18.2 Å². The van der Waals surface area contributed by atoms with E-state index in [1.54, 1.807) is 6.26 Å². The average molecular weight is 289 g/mol. The third-order valence-electron chi connectivity index (χ3n) is 3.89. The molecule has 5 heteroatoms. The van der Waals surface area contributed by atoms with Crippen LogP contribution in [0.4, 0.5) is 0 Å². The lowest BCUT2D eigenvalue weighted by Gasteiger charge is -2.24. The Balaban J connectivity index is 1.62. The Morgan fingerprint density at radius 3 is 3.10 bits per heavy atom. The van der Waals surface area contributed by atoms with Gasteiger partial charge in [0.05, 0.1) is 12.0 Å². The predicted octanol–water partition coefficient (Wildman–Crippen LogP) is 2.90. The van der Waals surface area contributed by atoms with Crippen LogP contribution in [0.1, 0.15) is 31.9 Å². The largest absolute Gasteiger partial charge is 0.461 e. The van der Waals surface area contributed by atoms with E-state index in [0.717, 1.165) is 44.1 Å². The molecule has 0 radical (unpaired) electrons.